The third-order valence-electron chi connectivity index (χ3n) is 3.36. The zero-order valence-corrected chi connectivity index (χ0v) is 15.0. The van der Waals surface area contributed by atoms with E-state index in [1.807, 2.05) is 50.2 Å². The first-order valence-electron chi connectivity index (χ1n) is 8.17. The summed E-state index contributed by atoms with van der Waals surface area (Å²) in [4.78, 5) is 0. The summed E-state index contributed by atoms with van der Waals surface area (Å²) in [5, 5.41) is 7.05. The number of hydrogen-bond donors (Lipinski definition) is 2. The van der Waals surface area contributed by atoms with E-state index in [9.17, 15) is 0 Å². The Bertz CT molecular complexity index is 647. The van der Waals surface area contributed by atoms with E-state index in [0.29, 0.717) is 31.4 Å². The molecule has 128 valence electrons. The van der Waals surface area contributed by atoms with Crippen LogP contribution in [0, 0.1) is 0 Å². The lowest BCUT2D eigenvalue weighted by molar-refractivity contribution is 0.287. The van der Waals surface area contributed by atoms with Gasteiger partial charge in [-0.3, -0.25) is 0 Å². The van der Waals surface area contributed by atoms with Gasteiger partial charge in [0.15, 0.2) is 16.6 Å². The van der Waals surface area contributed by atoms with Gasteiger partial charge in [0.25, 0.3) is 0 Å². The molecule has 0 saturated carbocycles. The van der Waals surface area contributed by atoms with Gasteiger partial charge in [-0.2, -0.15) is 0 Å². The van der Waals surface area contributed by atoms with Crippen LogP contribution in [0.2, 0.25) is 0 Å². The van der Waals surface area contributed by atoms with Crippen molar-refractivity contribution in [3.8, 4) is 11.5 Å². The highest BCUT2D eigenvalue weighted by Gasteiger charge is 2.06. The summed E-state index contributed by atoms with van der Waals surface area (Å²) < 4.78 is 11.2. The van der Waals surface area contributed by atoms with Crippen molar-refractivity contribution in [3.05, 3.63) is 59.7 Å². The fourth-order valence-electron chi connectivity index (χ4n) is 2.23. The zero-order valence-electron chi connectivity index (χ0n) is 14.2. The first-order chi connectivity index (χ1) is 11.7. The number of ether oxygens (including phenoxy) is 2. The first kappa shape index (κ1) is 18.1. The molecule has 0 aliphatic carbocycles. The molecule has 0 aromatic heterocycles. The van der Waals surface area contributed by atoms with Crippen LogP contribution in [0.25, 0.3) is 0 Å². The van der Waals surface area contributed by atoms with Gasteiger partial charge in [0.1, 0.15) is 0 Å². The Morgan fingerprint density at radius 2 is 1.46 bits per heavy atom. The molecule has 0 aliphatic heterocycles. The van der Waals surface area contributed by atoms with E-state index in [1.165, 1.54) is 5.56 Å². The van der Waals surface area contributed by atoms with Gasteiger partial charge in [-0.25, -0.2) is 0 Å². The van der Waals surface area contributed by atoms with Crippen molar-refractivity contribution in [2.45, 2.75) is 26.9 Å². The van der Waals surface area contributed by atoms with Gasteiger partial charge < -0.3 is 20.1 Å². The standard InChI is InChI=1S/C19H24N2O2S/c1-3-22-17-11-10-16(12-18(17)23-4-2)14-21-19(24)20-13-15-8-6-5-7-9-15/h5-12H,3-4,13-14H2,1-2H3,(H2,20,21,24). The highest BCUT2D eigenvalue weighted by atomic mass is 32.1. The normalized spacial score (nSPS) is 10.1. The number of benzene rings is 2. The Morgan fingerprint density at radius 3 is 2.12 bits per heavy atom. The van der Waals surface area contributed by atoms with Gasteiger partial charge in [-0.1, -0.05) is 36.4 Å². The van der Waals surface area contributed by atoms with Crippen LogP contribution in [0.4, 0.5) is 0 Å². The molecule has 0 amide bonds. The van der Waals surface area contributed by atoms with Crippen molar-refractivity contribution in [1.82, 2.24) is 10.6 Å². The summed E-state index contributed by atoms with van der Waals surface area (Å²) in [5.41, 5.74) is 2.28. The van der Waals surface area contributed by atoms with Crippen LogP contribution in [-0.4, -0.2) is 18.3 Å². The van der Waals surface area contributed by atoms with Gasteiger partial charge in [0, 0.05) is 13.1 Å². The average molecular weight is 344 g/mol. The van der Waals surface area contributed by atoms with E-state index in [1.54, 1.807) is 0 Å². The second-order valence-corrected chi connectivity index (χ2v) is 5.58. The lowest BCUT2D eigenvalue weighted by Gasteiger charge is -2.14. The maximum Gasteiger partial charge on any atom is 0.166 e. The molecule has 2 aromatic carbocycles. The molecule has 0 bridgehead atoms. The van der Waals surface area contributed by atoms with Crippen molar-refractivity contribution in [1.29, 1.82) is 0 Å². The third kappa shape index (κ3) is 5.74. The largest absolute Gasteiger partial charge is 0.490 e. The molecule has 2 N–H and O–H groups in total. The van der Waals surface area contributed by atoms with Crippen LogP contribution in [0.5, 0.6) is 11.5 Å². The Hall–Kier alpha value is -2.27. The summed E-state index contributed by atoms with van der Waals surface area (Å²) in [6, 6.07) is 16.1. The van der Waals surface area contributed by atoms with Crippen LogP contribution in [0.3, 0.4) is 0 Å². The number of thiocarbonyl (C=S) groups is 1. The lowest BCUT2D eigenvalue weighted by atomic mass is 10.2. The van der Waals surface area contributed by atoms with Crippen molar-refractivity contribution < 1.29 is 9.47 Å². The van der Waals surface area contributed by atoms with Gasteiger partial charge in [-0.15, -0.1) is 0 Å². The molecule has 0 spiro atoms. The Balaban J connectivity index is 1.86. The Labute approximate surface area is 149 Å². The summed E-state index contributed by atoms with van der Waals surface area (Å²) in [6.45, 7) is 6.48. The second kappa shape index (κ2) is 9.78. The molecular weight excluding hydrogens is 320 g/mol. The maximum absolute atomic E-state index is 5.64. The third-order valence-corrected chi connectivity index (χ3v) is 3.65. The minimum atomic E-state index is 0.605. The highest BCUT2D eigenvalue weighted by Crippen LogP contribution is 2.28. The molecule has 24 heavy (non-hydrogen) atoms. The van der Waals surface area contributed by atoms with Gasteiger partial charge in [-0.05, 0) is 49.3 Å². The van der Waals surface area contributed by atoms with Crippen molar-refractivity contribution in [3.63, 3.8) is 0 Å². The highest BCUT2D eigenvalue weighted by molar-refractivity contribution is 7.80. The molecule has 4 nitrogen and oxygen atoms in total. The van der Waals surface area contributed by atoms with E-state index in [4.69, 9.17) is 21.7 Å². The predicted octanol–water partition coefficient (Wildman–Crippen LogP) is 3.65. The van der Waals surface area contributed by atoms with Crippen LogP contribution in [0.1, 0.15) is 25.0 Å². The molecule has 0 fully saturated rings. The summed E-state index contributed by atoms with van der Waals surface area (Å²) >= 11 is 5.33. The van der Waals surface area contributed by atoms with E-state index >= 15 is 0 Å². The average Bonchev–Trinajstić information content (AvgIpc) is 2.61. The van der Waals surface area contributed by atoms with Gasteiger partial charge in [0.05, 0.1) is 13.2 Å². The molecule has 0 radical (unpaired) electrons. The van der Waals surface area contributed by atoms with E-state index in [2.05, 4.69) is 22.8 Å². The van der Waals surface area contributed by atoms with Gasteiger partial charge >= 0.3 is 0 Å². The number of hydrogen-bond acceptors (Lipinski definition) is 3. The quantitative estimate of drug-likeness (QED) is 0.716. The molecule has 5 heteroatoms. The molecule has 0 heterocycles. The Kier molecular flexibility index (Phi) is 7.36. The van der Waals surface area contributed by atoms with E-state index in [-0.39, 0.29) is 0 Å². The molecule has 0 atom stereocenters. The summed E-state index contributed by atoms with van der Waals surface area (Å²) in [7, 11) is 0. The molecule has 2 aromatic rings. The fourth-order valence-corrected chi connectivity index (χ4v) is 2.37. The lowest BCUT2D eigenvalue weighted by Crippen LogP contribution is -2.34. The minimum absolute atomic E-state index is 0.605. The van der Waals surface area contributed by atoms with Crippen molar-refractivity contribution in [2.24, 2.45) is 0 Å². The molecule has 2 rings (SSSR count). The summed E-state index contributed by atoms with van der Waals surface area (Å²) in [5.74, 6) is 1.54. The van der Waals surface area contributed by atoms with Crippen molar-refractivity contribution >= 4 is 17.3 Å². The SMILES string of the molecule is CCOc1ccc(CNC(=S)NCc2ccccc2)cc1OCC. The van der Waals surface area contributed by atoms with E-state index < -0.39 is 0 Å². The fraction of sp³-hybridized carbons (Fsp3) is 0.316. The van der Waals surface area contributed by atoms with E-state index in [0.717, 1.165) is 17.1 Å². The monoisotopic (exact) mass is 344 g/mol. The number of rotatable bonds is 8. The zero-order chi connectivity index (χ0) is 17.2. The second-order valence-electron chi connectivity index (χ2n) is 5.17. The first-order valence-corrected chi connectivity index (χ1v) is 8.58. The summed E-state index contributed by atoms with van der Waals surface area (Å²) in [6.07, 6.45) is 0. The molecule has 0 saturated heterocycles. The van der Waals surface area contributed by atoms with Crippen LogP contribution >= 0.6 is 12.2 Å². The molecular formula is C19H24N2O2S. The molecule has 0 unspecified atom stereocenters. The predicted molar refractivity (Wildman–Crippen MR) is 101 cm³/mol. The van der Waals surface area contributed by atoms with Crippen LogP contribution < -0.4 is 20.1 Å². The number of nitrogens with one attached hydrogen (secondary N) is 2. The molecule has 0 aliphatic rings. The Morgan fingerprint density at radius 1 is 0.833 bits per heavy atom. The maximum atomic E-state index is 5.64. The van der Waals surface area contributed by atoms with Crippen LogP contribution in [0.15, 0.2) is 48.5 Å². The topological polar surface area (TPSA) is 42.5 Å². The van der Waals surface area contributed by atoms with Crippen LogP contribution in [-0.2, 0) is 13.1 Å². The van der Waals surface area contributed by atoms with Gasteiger partial charge in [0.2, 0.25) is 0 Å². The smallest absolute Gasteiger partial charge is 0.166 e. The van der Waals surface area contributed by atoms with Crippen molar-refractivity contribution in [2.75, 3.05) is 13.2 Å². The minimum Gasteiger partial charge on any atom is -0.490 e.